The molecule has 2 aliphatic rings. The number of carboxylic acid groups (broad SMARTS) is 2. The van der Waals surface area contributed by atoms with E-state index in [0.29, 0.717) is 10.6 Å². The molecule has 2 aliphatic heterocycles. The Kier molecular flexibility index (Phi) is 8.33. The quantitative estimate of drug-likeness (QED) is 0.335. The number of hydrogen-bond donors (Lipinski definition) is 4. The van der Waals surface area contributed by atoms with E-state index < -0.39 is 53.8 Å². The van der Waals surface area contributed by atoms with Gasteiger partial charge in [-0.1, -0.05) is 6.07 Å². The molecule has 4 amide bonds. The number of hydrogen-bond acceptors (Lipinski definition) is 7. The van der Waals surface area contributed by atoms with Crippen molar-refractivity contribution in [1.82, 2.24) is 25.0 Å². The molecule has 0 radical (unpaired) electrons. The molecule has 2 fully saturated rings. The average Bonchev–Trinajstić information content (AvgIpc) is 3.68. The standard InChI is InChI=1S/C25H29N5O8S/c1-28-8-2-4-16(28)22(33)26-14-10-17(24(35)36)29(12-14)20(31)6-7-21(32)30-13-15(11-18(30)25(37)38)27-23(34)19-5-3-9-39-19/h2-5,8-9,14-15,17-18H,6-7,10-13H2,1H3,(H,26,33)(H,27,34)(H,35,36)(H,37,38)/t14-,15-,17-,18-/m0/s1. The molecule has 208 valence electrons. The monoisotopic (exact) mass is 559 g/mol. The lowest BCUT2D eigenvalue weighted by molar-refractivity contribution is -0.150. The Morgan fingerprint density at radius 3 is 1.82 bits per heavy atom. The summed E-state index contributed by atoms with van der Waals surface area (Å²) in [6, 6.07) is 3.20. The lowest BCUT2D eigenvalue weighted by Crippen LogP contribution is -2.43. The molecule has 4 rings (SSSR count). The third-order valence-electron chi connectivity index (χ3n) is 6.96. The van der Waals surface area contributed by atoms with Crippen LogP contribution in [0.3, 0.4) is 0 Å². The van der Waals surface area contributed by atoms with E-state index in [1.165, 1.54) is 11.3 Å². The van der Waals surface area contributed by atoms with Crippen LogP contribution >= 0.6 is 11.3 Å². The number of carbonyl (C=O) groups is 6. The smallest absolute Gasteiger partial charge is 0.326 e. The number of aliphatic carboxylic acids is 2. The van der Waals surface area contributed by atoms with Gasteiger partial charge < -0.3 is 35.2 Å². The van der Waals surface area contributed by atoms with Gasteiger partial charge in [-0.3, -0.25) is 19.2 Å². The molecule has 4 atom stereocenters. The minimum atomic E-state index is -1.22. The number of carbonyl (C=O) groups excluding carboxylic acids is 4. The zero-order valence-electron chi connectivity index (χ0n) is 21.1. The van der Waals surface area contributed by atoms with Crippen molar-refractivity contribution in [2.45, 2.75) is 49.9 Å². The summed E-state index contributed by atoms with van der Waals surface area (Å²) in [6.45, 7) is -0.0473. The molecule has 0 unspecified atom stereocenters. The van der Waals surface area contributed by atoms with Crippen LogP contribution in [-0.4, -0.2) is 97.4 Å². The van der Waals surface area contributed by atoms with Gasteiger partial charge in [0.05, 0.1) is 4.88 Å². The lowest BCUT2D eigenvalue weighted by Gasteiger charge is -2.24. The summed E-state index contributed by atoms with van der Waals surface area (Å²) in [5, 5.41) is 26.5. The summed E-state index contributed by atoms with van der Waals surface area (Å²) in [5.74, 6) is -4.35. The molecule has 4 heterocycles. The Bertz CT molecular complexity index is 1280. The number of nitrogens with zero attached hydrogens (tertiary/aromatic N) is 3. The van der Waals surface area contributed by atoms with Crippen LogP contribution in [0, 0.1) is 0 Å². The number of thiophene rings is 1. The van der Waals surface area contributed by atoms with Crippen molar-refractivity contribution < 1.29 is 39.0 Å². The van der Waals surface area contributed by atoms with E-state index in [1.54, 1.807) is 47.5 Å². The third kappa shape index (κ3) is 6.28. The summed E-state index contributed by atoms with van der Waals surface area (Å²) >= 11 is 1.24. The van der Waals surface area contributed by atoms with E-state index in [1.807, 2.05) is 0 Å². The summed E-state index contributed by atoms with van der Waals surface area (Å²) in [5.41, 5.74) is 0.390. The molecule has 2 aromatic rings. The number of amides is 4. The molecule has 4 N–H and O–H groups in total. The normalized spacial score (nSPS) is 22.5. The van der Waals surface area contributed by atoms with E-state index in [9.17, 15) is 39.0 Å². The highest BCUT2D eigenvalue weighted by atomic mass is 32.1. The number of aryl methyl sites for hydroxylation is 1. The van der Waals surface area contributed by atoms with Crippen LogP contribution < -0.4 is 10.6 Å². The molecule has 14 heteroatoms. The summed E-state index contributed by atoms with van der Waals surface area (Å²) in [7, 11) is 1.70. The van der Waals surface area contributed by atoms with Crippen LogP contribution in [-0.2, 0) is 26.2 Å². The van der Waals surface area contributed by atoms with Gasteiger partial charge in [0, 0.05) is 64.1 Å². The predicted octanol–water partition coefficient (Wildman–Crippen LogP) is 0.135. The Labute approximate surface area is 227 Å². The van der Waals surface area contributed by atoms with E-state index in [-0.39, 0.29) is 44.7 Å². The molecule has 0 bridgehead atoms. The second-order valence-electron chi connectivity index (χ2n) is 9.59. The highest BCUT2D eigenvalue weighted by molar-refractivity contribution is 7.12. The first-order valence-electron chi connectivity index (χ1n) is 12.4. The van der Waals surface area contributed by atoms with Crippen molar-refractivity contribution in [2.75, 3.05) is 13.1 Å². The largest absolute Gasteiger partial charge is 0.480 e. The van der Waals surface area contributed by atoms with E-state index >= 15 is 0 Å². The third-order valence-corrected chi connectivity index (χ3v) is 7.83. The van der Waals surface area contributed by atoms with Gasteiger partial charge in [-0.05, 0) is 23.6 Å². The molecule has 0 aliphatic carbocycles. The molecule has 39 heavy (non-hydrogen) atoms. The first kappa shape index (κ1) is 27.8. The maximum Gasteiger partial charge on any atom is 0.326 e. The number of likely N-dealkylation sites (tertiary alicyclic amines) is 2. The molecule has 0 spiro atoms. The van der Waals surface area contributed by atoms with Crippen molar-refractivity contribution in [3.63, 3.8) is 0 Å². The van der Waals surface area contributed by atoms with Crippen molar-refractivity contribution in [3.8, 4) is 0 Å². The fourth-order valence-corrected chi connectivity index (χ4v) is 5.65. The van der Waals surface area contributed by atoms with Crippen LogP contribution in [0.25, 0.3) is 0 Å². The molecule has 2 saturated heterocycles. The van der Waals surface area contributed by atoms with Crippen LogP contribution in [0.4, 0.5) is 0 Å². The summed E-state index contributed by atoms with van der Waals surface area (Å²) in [4.78, 5) is 77.1. The Morgan fingerprint density at radius 2 is 1.38 bits per heavy atom. The van der Waals surface area contributed by atoms with Gasteiger partial charge in [-0.25, -0.2) is 9.59 Å². The highest BCUT2D eigenvalue weighted by Crippen LogP contribution is 2.23. The SMILES string of the molecule is Cn1cccc1C(=O)N[C@H]1C[C@@H](C(=O)O)N(C(=O)CCC(=O)N2C[C@@H](NC(=O)c3cccs3)C[C@H]2C(=O)O)C1. The fourth-order valence-electron chi connectivity index (χ4n) is 5.02. The van der Waals surface area contributed by atoms with Crippen LogP contribution in [0.5, 0.6) is 0 Å². The number of rotatable bonds is 9. The van der Waals surface area contributed by atoms with Gasteiger partial charge in [0.15, 0.2) is 0 Å². The van der Waals surface area contributed by atoms with Gasteiger partial charge in [0.25, 0.3) is 11.8 Å². The van der Waals surface area contributed by atoms with Gasteiger partial charge in [-0.2, -0.15) is 0 Å². The maximum absolute atomic E-state index is 13.0. The second kappa shape index (κ2) is 11.7. The molecular weight excluding hydrogens is 530 g/mol. The van der Waals surface area contributed by atoms with Crippen LogP contribution in [0.1, 0.15) is 45.8 Å². The molecule has 2 aromatic heterocycles. The highest BCUT2D eigenvalue weighted by Gasteiger charge is 2.42. The Morgan fingerprint density at radius 1 is 0.846 bits per heavy atom. The van der Waals surface area contributed by atoms with E-state index in [4.69, 9.17) is 0 Å². The molecule has 0 aromatic carbocycles. The molecular formula is C25H29N5O8S. The van der Waals surface area contributed by atoms with Crippen LogP contribution in [0.2, 0.25) is 0 Å². The van der Waals surface area contributed by atoms with Crippen molar-refractivity contribution in [3.05, 3.63) is 46.4 Å². The fraction of sp³-hybridized carbons (Fsp3) is 0.440. The van der Waals surface area contributed by atoms with Crippen molar-refractivity contribution >= 4 is 46.9 Å². The summed E-state index contributed by atoms with van der Waals surface area (Å²) < 4.78 is 1.62. The summed E-state index contributed by atoms with van der Waals surface area (Å²) in [6.07, 6.45) is 1.10. The maximum atomic E-state index is 13.0. The zero-order chi connectivity index (χ0) is 28.3. The van der Waals surface area contributed by atoms with Gasteiger partial charge in [-0.15, -0.1) is 11.3 Å². The van der Waals surface area contributed by atoms with Gasteiger partial charge in [0.1, 0.15) is 17.8 Å². The first-order valence-corrected chi connectivity index (χ1v) is 13.2. The molecule has 0 saturated carbocycles. The topological polar surface area (TPSA) is 178 Å². The predicted molar refractivity (Wildman–Crippen MR) is 137 cm³/mol. The van der Waals surface area contributed by atoms with Crippen molar-refractivity contribution in [1.29, 1.82) is 0 Å². The minimum absolute atomic E-state index is 0.0179. The van der Waals surface area contributed by atoms with Crippen LogP contribution in [0.15, 0.2) is 35.8 Å². The Balaban J connectivity index is 1.33. The second-order valence-corrected chi connectivity index (χ2v) is 10.5. The van der Waals surface area contributed by atoms with Gasteiger partial charge >= 0.3 is 11.9 Å². The lowest BCUT2D eigenvalue weighted by atomic mass is 10.1. The average molecular weight is 560 g/mol. The number of nitrogens with one attached hydrogen (secondary N) is 2. The van der Waals surface area contributed by atoms with Gasteiger partial charge in [0.2, 0.25) is 11.8 Å². The zero-order valence-corrected chi connectivity index (χ0v) is 21.9. The van der Waals surface area contributed by atoms with E-state index in [0.717, 1.165) is 9.80 Å². The first-order chi connectivity index (χ1) is 18.5. The van der Waals surface area contributed by atoms with E-state index in [2.05, 4.69) is 10.6 Å². The van der Waals surface area contributed by atoms with Crippen molar-refractivity contribution in [2.24, 2.45) is 7.05 Å². The number of carboxylic acids is 2. The number of aromatic nitrogens is 1. The minimum Gasteiger partial charge on any atom is -0.480 e. The molecule has 13 nitrogen and oxygen atoms in total. The Hall–Kier alpha value is -4.20.